The molecule has 0 saturated heterocycles. The third-order valence-electron chi connectivity index (χ3n) is 2.42. The van der Waals surface area contributed by atoms with Gasteiger partial charge in [0.25, 0.3) is 0 Å². The summed E-state index contributed by atoms with van der Waals surface area (Å²) >= 11 is 1.68. The molecule has 0 bridgehead atoms. The first-order valence-corrected chi connectivity index (χ1v) is 6.52. The largest absolute Gasteiger partial charge is 0.273 e. The van der Waals surface area contributed by atoms with Gasteiger partial charge in [-0.25, -0.2) is 0 Å². The van der Waals surface area contributed by atoms with Crippen LogP contribution in [0.25, 0.3) is 0 Å². The average Bonchev–Trinajstić information content (AvgIpc) is 2.33. The van der Waals surface area contributed by atoms with E-state index in [4.69, 9.17) is 0 Å². The van der Waals surface area contributed by atoms with Crippen LogP contribution in [-0.2, 0) is 4.79 Å². The molecule has 1 aromatic rings. The minimum absolute atomic E-state index is 0.0186. The van der Waals surface area contributed by atoms with Gasteiger partial charge in [0.15, 0.2) is 0 Å². The number of carbonyl (C=O) groups is 1. The molecule has 3 nitrogen and oxygen atoms in total. The van der Waals surface area contributed by atoms with Gasteiger partial charge in [0.2, 0.25) is 5.91 Å². The molecule has 4 heteroatoms. The van der Waals surface area contributed by atoms with Gasteiger partial charge >= 0.3 is 0 Å². The summed E-state index contributed by atoms with van der Waals surface area (Å²) in [7, 11) is 0. The van der Waals surface area contributed by atoms with E-state index in [-0.39, 0.29) is 11.8 Å². The van der Waals surface area contributed by atoms with Crippen molar-refractivity contribution in [3.05, 3.63) is 42.6 Å². The molecule has 0 fully saturated rings. The number of amides is 1. The molecule has 0 spiro atoms. The summed E-state index contributed by atoms with van der Waals surface area (Å²) in [5.41, 5.74) is 3.83. The van der Waals surface area contributed by atoms with Gasteiger partial charge in [0, 0.05) is 12.0 Å². The van der Waals surface area contributed by atoms with Crippen molar-refractivity contribution >= 4 is 23.4 Å². The highest BCUT2D eigenvalue weighted by Gasteiger charge is 2.21. The van der Waals surface area contributed by atoms with Crippen molar-refractivity contribution in [1.29, 1.82) is 0 Å². The Morgan fingerprint density at radius 3 is 2.75 bits per heavy atom. The van der Waals surface area contributed by atoms with Crippen LogP contribution in [0, 0.1) is 5.92 Å². The van der Waals surface area contributed by atoms with Crippen molar-refractivity contribution in [3.63, 3.8) is 0 Å². The number of nitrogens with zero attached hydrogens (tertiary/aromatic N) is 1. The number of hydrogen-bond acceptors (Lipinski definition) is 3. The summed E-state index contributed by atoms with van der Waals surface area (Å²) in [5.74, 6) is 0.862. The molecule has 0 saturated carbocycles. The summed E-state index contributed by atoms with van der Waals surface area (Å²) in [6, 6.07) is 9.77. The van der Waals surface area contributed by atoms with Crippen molar-refractivity contribution in [2.45, 2.75) is 0 Å². The molecule has 1 N–H and O–H groups in total. The lowest BCUT2D eigenvalue weighted by Gasteiger charge is -2.27. The minimum Gasteiger partial charge on any atom is -0.273 e. The molecule has 1 amide bonds. The molecule has 1 unspecified atom stereocenters. The topological polar surface area (TPSA) is 32.3 Å². The molecule has 0 aliphatic carbocycles. The fraction of sp³-hybridized carbons (Fsp3) is 0.250. The minimum atomic E-state index is -0.0186. The molecule has 1 aliphatic rings. The van der Waals surface area contributed by atoms with Crippen LogP contribution in [0.2, 0.25) is 0 Å². The van der Waals surface area contributed by atoms with Crippen molar-refractivity contribution in [1.82, 2.24) is 5.43 Å². The quantitative estimate of drug-likeness (QED) is 0.868. The number of hydrogen-bond donors (Lipinski definition) is 1. The third kappa shape index (κ3) is 2.39. The average molecular weight is 234 g/mol. The van der Waals surface area contributed by atoms with Crippen LogP contribution in [0.3, 0.4) is 0 Å². The number of thioether (sulfide) groups is 1. The predicted molar refractivity (Wildman–Crippen MR) is 68.1 cm³/mol. The number of benzene rings is 1. The second-order valence-electron chi connectivity index (χ2n) is 3.58. The van der Waals surface area contributed by atoms with Crippen LogP contribution in [-0.4, -0.2) is 17.9 Å². The summed E-state index contributed by atoms with van der Waals surface area (Å²) in [6.45, 7) is 0. The van der Waals surface area contributed by atoms with Crippen LogP contribution in [0.1, 0.15) is 0 Å². The van der Waals surface area contributed by atoms with E-state index in [1.807, 2.05) is 48.9 Å². The smallest absolute Gasteiger partial charge is 0.246 e. The van der Waals surface area contributed by atoms with Crippen molar-refractivity contribution in [2.75, 3.05) is 17.0 Å². The standard InChI is InChI=1S/C12H14N2OS/c1-16-9-10-7-8-14(13-12(10)15)11-5-3-2-4-6-11/h2-8,10H,9H2,1H3,(H,13,15). The molecule has 1 aliphatic heterocycles. The maximum Gasteiger partial charge on any atom is 0.246 e. The van der Waals surface area contributed by atoms with Crippen LogP contribution >= 0.6 is 11.8 Å². The number of carbonyl (C=O) groups excluding carboxylic acids is 1. The fourth-order valence-electron chi connectivity index (χ4n) is 1.57. The second-order valence-corrected chi connectivity index (χ2v) is 4.50. The summed E-state index contributed by atoms with van der Waals surface area (Å²) in [4.78, 5) is 11.8. The van der Waals surface area contributed by atoms with E-state index in [9.17, 15) is 4.79 Å². The second kappa shape index (κ2) is 5.07. The van der Waals surface area contributed by atoms with Crippen LogP contribution in [0.5, 0.6) is 0 Å². The zero-order chi connectivity index (χ0) is 11.4. The van der Waals surface area contributed by atoms with Crippen LogP contribution < -0.4 is 10.4 Å². The Bertz CT molecular complexity index is 391. The monoisotopic (exact) mass is 234 g/mol. The Hall–Kier alpha value is -1.42. The first-order chi connectivity index (χ1) is 7.81. The number of rotatable bonds is 3. The molecule has 0 aromatic heterocycles. The molecule has 1 heterocycles. The number of hydrazine groups is 1. The molecule has 84 valence electrons. The Kier molecular flexibility index (Phi) is 3.51. The maximum absolute atomic E-state index is 11.8. The zero-order valence-electron chi connectivity index (χ0n) is 9.09. The molecule has 0 radical (unpaired) electrons. The Labute approximate surface area is 99.5 Å². The summed E-state index contributed by atoms with van der Waals surface area (Å²) < 4.78 is 0. The molecule has 2 rings (SSSR count). The zero-order valence-corrected chi connectivity index (χ0v) is 9.91. The van der Waals surface area contributed by atoms with Crippen molar-refractivity contribution in [3.8, 4) is 0 Å². The van der Waals surface area contributed by atoms with E-state index in [1.54, 1.807) is 16.8 Å². The van der Waals surface area contributed by atoms with Gasteiger partial charge in [-0.05, 0) is 18.4 Å². The maximum atomic E-state index is 11.8. The molecular weight excluding hydrogens is 220 g/mol. The van der Waals surface area contributed by atoms with Gasteiger partial charge in [0.05, 0.1) is 11.6 Å². The van der Waals surface area contributed by atoms with E-state index < -0.39 is 0 Å². The van der Waals surface area contributed by atoms with E-state index in [0.29, 0.717) is 0 Å². The normalized spacial score (nSPS) is 19.7. The lowest BCUT2D eigenvalue weighted by Crippen LogP contribution is -2.45. The SMILES string of the molecule is CSCC1C=CN(c2ccccc2)NC1=O. The van der Waals surface area contributed by atoms with Crippen molar-refractivity contribution in [2.24, 2.45) is 5.92 Å². The molecular formula is C12H14N2OS. The lowest BCUT2D eigenvalue weighted by atomic mass is 10.1. The molecule has 16 heavy (non-hydrogen) atoms. The Morgan fingerprint density at radius 1 is 1.38 bits per heavy atom. The highest BCUT2D eigenvalue weighted by atomic mass is 32.2. The summed E-state index contributed by atoms with van der Waals surface area (Å²) in [5, 5.41) is 1.75. The van der Waals surface area contributed by atoms with Gasteiger partial charge in [-0.15, -0.1) is 0 Å². The van der Waals surface area contributed by atoms with Crippen LogP contribution in [0.15, 0.2) is 42.6 Å². The van der Waals surface area contributed by atoms with Gasteiger partial charge in [0.1, 0.15) is 0 Å². The van der Waals surface area contributed by atoms with Gasteiger partial charge in [-0.1, -0.05) is 24.3 Å². The Morgan fingerprint density at radius 2 is 2.12 bits per heavy atom. The fourth-order valence-corrected chi connectivity index (χ4v) is 2.19. The predicted octanol–water partition coefficient (Wildman–Crippen LogP) is 2.03. The Balaban J connectivity index is 2.11. The summed E-state index contributed by atoms with van der Waals surface area (Å²) in [6.07, 6.45) is 5.87. The molecule has 1 atom stereocenters. The van der Waals surface area contributed by atoms with Crippen LogP contribution in [0.4, 0.5) is 5.69 Å². The van der Waals surface area contributed by atoms with Gasteiger partial charge in [-0.3, -0.25) is 15.2 Å². The van der Waals surface area contributed by atoms with Crippen molar-refractivity contribution < 1.29 is 4.79 Å². The van der Waals surface area contributed by atoms with E-state index in [0.717, 1.165) is 11.4 Å². The number of para-hydroxylation sites is 1. The number of nitrogens with one attached hydrogen (secondary N) is 1. The number of anilines is 1. The lowest BCUT2D eigenvalue weighted by molar-refractivity contribution is -0.123. The highest BCUT2D eigenvalue weighted by Crippen LogP contribution is 2.17. The van der Waals surface area contributed by atoms with E-state index >= 15 is 0 Å². The highest BCUT2D eigenvalue weighted by molar-refractivity contribution is 7.98. The van der Waals surface area contributed by atoms with Gasteiger partial charge < -0.3 is 0 Å². The van der Waals surface area contributed by atoms with Gasteiger partial charge in [-0.2, -0.15) is 11.8 Å². The van der Waals surface area contributed by atoms with E-state index in [1.165, 1.54) is 0 Å². The van der Waals surface area contributed by atoms with E-state index in [2.05, 4.69) is 5.43 Å². The first kappa shape index (κ1) is 11.1. The third-order valence-corrected chi connectivity index (χ3v) is 3.11. The molecule has 1 aromatic carbocycles. The first-order valence-electron chi connectivity index (χ1n) is 5.13.